The molecule has 0 saturated heterocycles. The fourth-order valence-electron chi connectivity index (χ4n) is 2.61. The third-order valence-electron chi connectivity index (χ3n) is 4.59. The van der Waals surface area contributed by atoms with Crippen molar-refractivity contribution in [1.29, 1.82) is 0 Å². The number of benzene rings is 1. The minimum Gasteiger partial charge on any atom is -0.493 e. The molecule has 29 heavy (non-hydrogen) atoms. The highest BCUT2D eigenvalue weighted by Gasteiger charge is 2.08. The van der Waals surface area contributed by atoms with Crippen LogP contribution in [0, 0.1) is 19.8 Å². The molecule has 1 aromatic carbocycles. The van der Waals surface area contributed by atoms with Gasteiger partial charge in [0.05, 0.1) is 19.7 Å². The molecule has 0 atom stereocenters. The van der Waals surface area contributed by atoms with Crippen LogP contribution in [0.15, 0.2) is 35.8 Å². The number of hydrogen-bond acceptors (Lipinski definition) is 4. The zero-order valence-corrected chi connectivity index (χ0v) is 18.3. The molecule has 0 aliphatic heterocycles. The van der Waals surface area contributed by atoms with Gasteiger partial charge < -0.3 is 19.9 Å². The first-order valence-electron chi connectivity index (χ1n) is 10.1. The Bertz CT molecular complexity index is 825. The molecule has 0 aliphatic rings. The molecular weight excluding hydrogens is 364 g/mol. The van der Waals surface area contributed by atoms with E-state index in [-0.39, 0.29) is 0 Å². The number of nitrogens with zero attached hydrogens (tertiary/aromatic N) is 4. The Morgan fingerprint density at radius 1 is 1.28 bits per heavy atom. The number of aliphatic imine (C=N–C) groups is 1. The summed E-state index contributed by atoms with van der Waals surface area (Å²) in [4.78, 5) is 4.73. The van der Waals surface area contributed by atoms with Gasteiger partial charge in [-0.25, -0.2) is 4.99 Å². The molecule has 158 valence electrons. The van der Waals surface area contributed by atoms with Gasteiger partial charge in [-0.05, 0) is 37.8 Å². The summed E-state index contributed by atoms with van der Waals surface area (Å²) in [6.07, 6.45) is 2.83. The first-order chi connectivity index (χ1) is 13.9. The first kappa shape index (κ1) is 22.5. The van der Waals surface area contributed by atoms with Gasteiger partial charge in [0.15, 0.2) is 11.8 Å². The second kappa shape index (κ2) is 11.2. The average molecular weight is 399 g/mol. The van der Waals surface area contributed by atoms with E-state index in [1.54, 1.807) is 6.08 Å². The van der Waals surface area contributed by atoms with E-state index in [4.69, 9.17) is 9.73 Å². The Morgan fingerprint density at radius 3 is 2.72 bits per heavy atom. The molecule has 1 aromatic heterocycles. The van der Waals surface area contributed by atoms with Crippen molar-refractivity contribution >= 4 is 5.96 Å². The number of aryl methyl sites for hydroxylation is 2. The van der Waals surface area contributed by atoms with Crippen LogP contribution < -0.4 is 15.4 Å². The smallest absolute Gasteiger partial charge is 0.192 e. The molecule has 0 spiro atoms. The van der Waals surface area contributed by atoms with Crippen LogP contribution in [0.25, 0.3) is 0 Å². The van der Waals surface area contributed by atoms with Crippen LogP contribution in [-0.2, 0) is 20.1 Å². The Kier molecular flexibility index (Phi) is 8.70. The Morgan fingerprint density at radius 2 is 2.07 bits per heavy atom. The maximum absolute atomic E-state index is 6.04. The standard InChI is InChI=1S/C22H34N6O/c1-7-11-23-22(25-15-21-27-26-18(5)28(21)6)24-14-19-9-8-17(4)13-20(19)29-12-10-16(2)3/h7-9,13,16H,1,10-12,14-15H2,2-6H3,(H2,23,24,25). The lowest BCUT2D eigenvalue weighted by Crippen LogP contribution is -2.37. The minimum atomic E-state index is 0.515. The van der Waals surface area contributed by atoms with Crippen LogP contribution in [-0.4, -0.2) is 33.9 Å². The van der Waals surface area contributed by atoms with Gasteiger partial charge in [0, 0.05) is 19.2 Å². The molecule has 0 saturated carbocycles. The summed E-state index contributed by atoms with van der Waals surface area (Å²) in [5.74, 6) is 3.94. The van der Waals surface area contributed by atoms with Crippen LogP contribution >= 0.6 is 0 Å². The number of rotatable bonds is 10. The van der Waals surface area contributed by atoms with E-state index in [1.807, 2.05) is 18.5 Å². The summed E-state index contributed by atoms with van der Waals surface area (Å²) in [7, 11) is 1.95. The van der Waals surface area contributed by atoms with Gasteiger partial charge in [0.2, 0.25) is 0 Å². The van der Waals surface area contributed by atoms with Gasteiger partial charge in [-0.3, -0.25) is 0 Å². The van der Waals surface area contributed by atoms with Crippen molar-refractivity contribution in [1.82, 2.24) is 25.4 Å². The highest BCUT2D eigenvalue weighted by molar-refractivity contribution is 5.79. The average Bonchev–Trinajstić information content (AvgIpc) is 3.00. The molecule has 0 unspecified atom stereocenters. The van der Waals surface area contributed by atoms with Crippen molar-refractivity contribution in [3.63, 3.8) is 0 Å². The highest BCUT2D eigenvalue weighted by Crippen LogP contribution is 2.22. The summed E-state index contributed by atoms with van der Waals surface area (Å²) in [6.45, 7) is 14.6. The molecule has 0 bridgehead atoms. The van der Waals surface area contributed by atoms with E-state index in [9.17, 15) is 0 Å². The number of ether oxygens (including phenoxy) is 1. The van der Waals surface area contributed by atoms with Crippen molar-refractivity contribution in [2.45, 2.75) is 47.2 Å². The third-order valence-corrected chi connectivity index (χ3v) is 4.59. The predicted molar refractivity (Wildman–Crippen MR) is 118 cm³/mol. The molecule has 2 N–H and O–H groups in total. The predicted octanol–water partition coefficient (Wildman–Crippen LogP) is 3.28. The summed E-state index contributed by atoms with van der Waals surface area (Å²) >= 11 is 0. The normalized spacial score (nSPS) is 11.6. The fourth-order valence-corrected chi connectivity index (χ4v) is 2.61. The minimum absolute atomic E-state index is 0.515. The van der Waals surface area contributed by atoms with E-state index < -0.39 is 0 Å². The van der Waals surface area contributed by atoms with Crippen molar-refractivity contribution in [3.05, 3.63) is 53.6 Å². The molecular formula is C22H34N6O. The monoisotopic (exact) mass is 398 g/mol. The summed E-state index contributed by atoms with van der Waals surface area (Å²) < 4.78 is 8.00. The zero-order chi connectivity index (χ0) is 21.2. The molecule has 2 rings (SSSR count). The molecule has 7 nitrogen and oxygen atoms in total. The topological polar surface area (TPSA) is 76.4 Å². The van der Waals surface area contributed by atoms with E-state index in [2.05, 4.69) is 66.4 Å². The second-order valence-corrected chi connectivity index (χ2v) is 7.55. The number of nitrogens with one attached hydrogen (secondary N) is 2. The lowest BCUT2D eigenvalue weighted by atomic mass is 10.1. The molecule has 0 aliphatic carbocycles. The van der Waals surface area contributed by atoms with Crippen LogP contribution in [0.1, 0.15) is 43.0 Å². The van der Waals surface area contributed by atoms with E-state index in [0.29, 0.717) is 38.1 Å². The van der Waals surface area contributed by atoms with Crippen LogP contribution in [0.2, 0.25) is 0 Å². The zero-order valence-electron chi connectivity index (χ0n) is 18.3. The largest absolute Gasteiger partial charge is 0.493 e. The van der Waals surface area contributed by atoms with Gasteiger partial charge in [-0.2, -0.15) is 0 Å². The maximum Gasteiger partial charge on any atom is 0.192 e. The number of aromatic nitrogens is 3. The SMILES string of the molecule is C=CCNC(=NCc1ccc(C)cc1OCCC(C)C)NCc1nnc(C)n1C. The van der Waals surface area contributed by atoms with Crippen LogP contribution in [0.4, 0.5) is 0 Å². The van der Waals surface area contributed by atoms with Crippen molar-refractivity contribution in [2.24, 2.45) is 18.0 Å². The van der Waals surface area contributed by atoms with E-state index in [1.165, 1.54) is 5.56 Å². The van der Waals surface area contributed by atoms with Crippen molar-refractivity contribution in [3.8, 4) is 5.75 Å². The maximum atomic E-state index is 6.04. The molecule has 0 radical (unpaired) electrons. The summed E-state index contributed by atoms with van der Waals surface area (Å²) in [5.41, 5.74) is 2.24. The van der Waals surface area contributed by atoms with Crippen molar-refractivity contribution < 1.29 is 4.74 Å². The number of guanidine groups is 1. The molecule has 1 heterocycles. The van der Waals surface area contributed by atoms with Gasteiger partial charge >= 0.3 is 0 Å². The van der Waals surface area contributed by atoms with Crippen LogP contribution in [0.5, 0.6) is 5.75 Å². The Labute approximate surface area is 174 Å². The van der Waals surface area contributed by atoms with Crippen molar-refractivity contribution in [2.75, 3.05) is 13.2 Å². The van der Waals surface area contributed by atoms with Gasteiger partial charge in [-0.1, -0.05) is 32.1 Å². The van der Waals surface area contributed by atoms with Gasteiger partial charge in [0.25, 0.3) is 0 Å². The summed E-state index contributed by atoms with van der Waals surface area (Å²) in [5, 5.41) is 14.8. The van der Waals surface area contributed by atoms with Gasteiger partial charge in [0.1, 0.15) is 11.6 Å². The van der Waals surface area contributed by atoms with E-state index >= 15 is 0 Å². The molecule has 0 fully saturated rings. The Balaban J connectivity index is 2.08. The molecule has 7 heteroatoms. The van der Waals surface area contributed by atoms with E-state index in [0.717, 1.165) is 29.4 Å². The molecule has 2 aromatic rings. The quantitative estimate of drug-likeness (QED) is 0.365. The fraction of sp³-hybridized carbons (Fsp3) is 0.500. The highest BCUT2D eigenvalue weighted by atomic mass is 16.5. The van der Waals surface area contributed by atoms with Gasteiger partial charge in [-0.15, -0.1) is 16.8 Å². The Hall–Kier alpha value is -2.83. The number of hydrogen-bond donors (Lipinski definition) is 2. The van der Waals surface area contributed by atoms with Crippen LogP contribution in [0.3, 0.4) is 0 Å². The lowest BCUT2D eigenvalue weighted by Gasteiger charge is -2.14. The summed E-state index contributed by atoms with van der Waals surface area (Å²) in [6, 6.07) is 6.26. The lowest BCUT2D eigenvalue weighted by molar-refractivity contribution is 0.287. The first-order valence-corrected chi connectivity index (χ1v) is 10.1. The molecule has 0 amide bonds. The third kappa shape index (κ3) is 7.25. The second-order valence-electron chi connectivity index (χ2n) is 7.55.